The third-order valence-electron chi connectivity index (χ3n) is 5.33. The van der Waals surface area contributed by atoms with Crippen molar-refractivity contribution in [3.05, 3.63) is 89.4 Å². The lowest BCUT2D eigenvalue weighted by atomic mass is 10.2. The second-order valence-corrected chi connectivity index (χ2v) is 8.59. The zero-order valence-corrected chi connectivity index (χ0v) is 21.1. The highest BCUT2D eigenvalue weighted by atomic mass is 79.9. The number of anilines is 2. The smallest absolute Gasteiger partial charge is 0.289 e. The molecule has 1 atom stereocenters. The highest BCUT2D eigenvalue weighted by Crippen LogP contribution is 2.22. The number of halogens is 1. The van der Waals surface area contributed by atoms with Gasteiger partial charge in [-0.2, -0.15) is 0 Å². The van der Waals surface area contributed by atoms with E-state index in [0.29, 0.717) is 17.1 Å². The SMILES string of the molecule is CN(C(=O)CN(C(=O)CN)C(Oc1ccccc1)C(=O)N(C)c1cccc(Br)c1)c1ccccc1. The number of ether oxygens (including phenoxy) is 1. The van der Waals surface area contributed by atoms with E-state index in [2.05, 4.69) is 15.9 Å². The number of hydrogen-bond donors (Lipinski definition) is 1. The lowest BCUT2D eigenvalue weighted by Crippen LogP contribution is -2.57. The van der Waals surface area contributed by atoms with Crippen LogP contribution in [-0.2, 0) is 14.4 Å². The first-order valence-electron chi connectivity index (χ1n) is 10.9. The summed E-state index contributed by atoms with van der Waals surface area (Å²) in [6.07, 6.45) is -1.43. The summed E-state index contributed by atoms with van der Waals surface area (Å²) in [6.45, 7) is -0.804. The molecule has 0 saturated heterocycles. The van der Waals surface area contributed by atoms with Gasteiger partial charge in [0, 0.05) is 29.9 Å². The Hall–Kier alpha value is -3.69. The van der Waals surface area contributed by atoms with E-state index in [4.69, 9.17) is 10.5 Å². The number of likely N-dealkylation sites (N-methyl/N-ethyl adjacent to an activating group) is 2. The molecule has 182 valence electrons. The molecular formula is C26H27BrN4O4. The second-order valence-electron chi connectivity index (χ2n) is 7.67. The van der Waals surface area contributed by atoms with E-state index in [-0.39, 0.29) is 0 Å². The average molecular weight is 539 g/mol. The van der Waals surface area contributed by atoms with Crippen LogP contribution >= 0.6 is 15.9 Å². The van der Waals surface area contributed by atoms with Crippen LogP contribution in [0.2, 0.25) is 0 Å². The maximum atomic E-state index is 13.7. The molecule has 3 aromatic rings. The number of benzene rings is 3. The van der Waals surface area contributed by atoms with Crippen LogP contribution in [0.5, 0.6) is 5.75 Å². The molecule has 0 aliphatic carbocycles. The minimum atomic E-state index is -1.43. The van der Waals surface area contributed by atoms with E-state index in [1.165, 1.54) is 9.80 Å². The summed E-state index contributed by atoms with van der Waals surface area (Å²) in [7, 11) is 3.18. The monoisotopic (exact) mass is 538 g/mol. The normalized spacial score (nSPS) is 11.3. The van der Waals surface area contributed by atoms with Gasteiger partial charge in [0.15, 0.2) is 0 Å². The van der Waals surface area contributed by atoms with E-state index in [1.54, 1.807) is 86.9 Å². The quantitative estimate of drug-likeness (QED) is 0.422. The first-order chi connectivity index (χ1) is 16.8. The van der Waals surface area contributed by atoms with Crippen LogP contribution in [0.4, 0.5) is 11.4 Å². The van der Waals surface area contributed by atoms with Gasteiger partial charge in [-0.1, -0.05) is 58.4 Å². The summed E-state index contributed by atoms with van der Waals surface area (Å²) in [5.74, 6) is -1.18. The third-order valence-corrected chi connectivity index (χ3v) is 5.82. The van der Waals surface area contributed by atoms with Gasteiger partial charge in [-0.25, -0.2) is 0 Å². The number of rotatable bonds is 9. The van der Waals surface area contributed by atoms with Gasteiger partial charge in [0.1, 0.15) is 12.3 Å². The molecule has 0 spiro atoms. The van der Waals surface area contributed by atoms with Crippen LogP contribution in [0.1, 0.15) is 0 Å². The Morgan fingerprint density at radius 3 is 2.03 bits per heavy atom. The van der Waals surface area contributed by atoms with E-state index in [0.717, 1.165) is 9.37 Å². The molecule has 0 heterocycles. The Balaban J connectivity index is 1.95. The minimum Gasteiger partial charge on any atom is -0.461 e. The van der Waals surface area contributed by atoms with E-state index >= 15 is 0 Å². The molecule has 0 bridgehead atoms. The van der Waals surface area contributed by atoms with Gasteiger partial charge in [0.05, 0.1) is 6.54 Å². The second kappa shape index (κ2) is 12.1. The lowest BCUT2D eigenvalue weighted by molar-refractivity contribution is -0.150. The number of nitrogens with two attached hydrogens (primary N) is 1. The average Bonchev–Trinajstić information content (AvgIpc) is 2.89. The zero-order valence-electron chi connectivity index (χ0n) is 19.5. The van der Waals surface area contributed by atoms with E-state index in [1.807, 2.05) is 12.1 Å². The first-order valence-corrected chi connectivity index (χ1v) is 11.7. The molecule has 0 aliphatic rings. The van der Waals surface area contributed by atoms with Gasteiger partial charge in [-0.15, -0.1) is 0 Å². The molecule has 0 saturated carbocycles. The largest absolute Gasteiger partial charge is 0.461 e. The molecule has 0 radical (unpaired) electrons. The number of carbonyl (C=O) groups is 3. The van der Waals surface area contributed by atoms with Crippen molar-refractivity contribution < 1.29 is 19.1 Å². The predicted molar refractivity (Wildman–Crippen MR) is 139 cm³/mol. The van der Waals surface area contributed by atoms with Crippen LogP contribution in [-0.4, -0.2) is 56.0 Å². The van der Waals surface area contributed by atoms with Gasteiger partial charge in [0.25, 0.3) is 12.1 Å². The predicted octanol–water partition coefficient (Wildman–Crippen LogP) is 3.27. The van der Waals surface area contributed by atoms with E-state index < -0.39 is 37.0 Å². The van der Waals surface area contributed by atoms with E-state index in [9.17, 15) is 14.4 Å². The molecule has 8 nitrogen and oxygen atoms in total. The standard InChI is InChI=1S/C26H27BrN4O4/c1-29(20-11-5-3-6-12-20)24(33)18-31(23(32)17-28)26(35-22-14-7-4-8-15-22)25(34)30(2)21-13-9-10-19(27)16-21/h3-16,26H,17-18,28H2,1-2H3. The van der Waals surface area contributed by atoms with Crippen molar-refractivity contribution in [2.75, 3.05) is 37.0 Å². The molecule has 0 aliphatic heterocycles. The van der Waals surface area contributed by atoms with Crippen molar-refractivity contribution >= 4 is 45.0 Å². The highest BCUT2D eigenvalue weighted by Gasteiger charge is 2.36. The zero-order chi connectivity index (χ0) is 25.4. The van der Waals surface area contributed by atoms with Crippen molar-refractivity contribution in [1.29, 1.82) is 0 Å². The van der Waals surface area contributed by atoms with Crippen molar-refractivity contribution in [3.63, 3.8) is 0 Å². The van der Waals surface area contributed by atoms with Crippen molar-refractivity contribution in [2.24, 2.45) is 5.73 Å². The number of hydrogen-bond acceptors (Lipinski definition) is 5. The van der Waals surface area contributed by atoms with Gasteiger partial charge in [-0.3, -0.25) is 19.3 Å². The van der Waals surface area contributed by atoms with Crippen LogP contribution < -0.4 is 20.3 Å². The summed E-state index contributed by atoms with van der Waals surface area (Å²) in [5.41, 5.74) is 6.90. The Bertz CT molecular complexity index is 1160. The van der Waals surface area contributed by atoms with Gasteiger partial charge >= 0.3 is 0 Å². The highest BCUT2D eigenvalue weighted by molar-refractivity contribution is 9.10. The lowest BCUT2D eigenvalue weighted by Gasteiger charge is -2.34. The maximum absolute atomic E-state index is 13.7. The fourth-order valence-corrected chi connectivity index (χ4v) is 3.71. The molecule has 3 amide bonds. The Labute approximate surface area is 213 Å². The molecule has 3 aromatic carbocycles. The molecule has 0 fully saturated rings. The minimum absolute atomic E-state index is 0.368. The van der Waals surface area contributed by atoms with Gasteiger partial charge in [0.2, 0.25) is 11.8 Å². The Kier molecular flexibility index (Phi) is 8.99. The fourth-order valence-electron chi connectivity index (χ4n) is 3.32. The molecule has 35 heavy (non-hydrogen) atoms. The van der Waals surface area contributed by atoms with Crippen molar-refractivity contribution in [1.82, 2.24) is 4.90 Å². The number of para-hydroxylation sites is 2. The van der Waals surface area contributed by atoms with Crippen molar-refractivity contribution in [3.8, 4) is 5.75 Å². The first kappa shape index (κ1) is 25.9. The summed E-state index contributed by atoms with van der Waals surface area (Å²) in [4.78, 5) is 43.6. The Morgan fingerprint density at radius 1 is 0.829 bits per heavy atom. The number of carbonyl (C=O) groups excluding carboxylic acids is 3. The molecule has 2 N–H and O–H groups in total. The van der Waals surface area contributed by atoms with Gasteiger partial charge < -0.3 is 20.3 Å². The Morgan fingerprint density at radius 2 is 1.43 bits per heavy atom. The summed E-state index contributed by atoms with van der Waals surface area (Å²) < 4.78 is 6.78. The topological polar surface area (TPSA) is 96.2 Å². The van der Waals surface area contributed by atoms with Gasteiger partial charge in [-0.05, 0) is 42.5 Å². The van der Waals surface area contributed by atoms with Crippen LogP contribution in [0.15, 0.2) is 89.4 Å². The summed E-state index contributed by atoms with van der Waals surface area (Å²) >= 11 is 3.40. The van der Waals surface area contributed by atoms with Crippen LogP contribution in [0.25, 0.3) is 0 Å². The van der Waals surface area contributed by atoms with Crippen LogP contribution in [0, 0.1) is 0 Å². The fraction of sp³-hybridized carbons (Fsp3) is 0.192. The molecule has 3 rings (SSSR count). The molecular weight excluding hydrogens is 512 g/mol. The maximum Gasteiger partial charge on any atom is 0.289 e. The third kappa shape index (κ3) is 6.68. The van der Waals surface area contributed by atoms with Crippen molar-refractivity contribution in [2.45, 2.75) is 6.23 Å². The molecule has 0 aromatic heterocycles. The number of amides is 3. The summed E-state index contributed by atoms with van der Waals surface area (Å²) in [6, 6.07) is 24.8. The molecule has 1 unspecified atom stereocenters. The summed E-state index contributed by atoms with van der Waals surface area (Å²) in [5, 5.41) is 0. The number of nitrogens with zero attached hydrogens (tertiary/aromatic N) is 3. The molecule has 9 heteroatoms. The van der Waals surface area contributed by atoms with Crippen LogP contribution in [0.3, 0.4) is 0 Å².